The second-order valence-corrected chi connectivity index (χ2v) is 5.74. The second kappa shape index (κ2) is 8.58. The SMILES string of the molecule is CC[C@@H](Nc1nnc(C(N)=O)c(Nc2ccc(OC)c(C(F)(F)F)c2)n1)C(N)=O. The van der Waals surface area contributed by atoms with Gasteiger partial charge in [0.2, 0.25) is 11.9 Å². The van der Waals surface area contributed by atoms with E-state index in [9.17, 15) is 22.8 Å². The Balaban J connectivity index is 2.44. The van der Waals surface area contributed by atoms with Crippen molar-refractivity contribution < 1.29 is 27.5 Å². The number of benzene rings is 1. The van der Waals surface area contributed by atoms with Gasteiger partial charge in [-0.3, -0.25) is 9.59 Å². The molecular formula is C16H18F3N7O3. The van der Waals surface area contributed by atoms with E-state index in [0.717, 1.165) is 19.2 Å². The van der Waals surface area contributed by atoms with Crippen LogP contribution in [-0.2, 0) is 11.0 Å². The minimum Gasteiger partial charge on any atom is -0.496 e. The number of aromatic nitrogens is 3. The molecule has 0 radical (unpaired) electrons. The first-order valence-corrected chi connectivity index (χ1v) is 8.19. The van der Waals surface area contributed by atoms with E-state index in [0.29, 0.717) is 6.42 Å². The number of nitrogens with one attached hydrogen (secondary N) is 2. The van der Waals surface area contributed by atoms with Crippen molar-refractivity contribution in [2.45, 2.75) is 25.6 Å². The van der Waals surface area contributed by atoms with Gasteiger partial charge in [-0.25, -0.2) is 0 Å². The topological polar surface area (TPSA) is 158 Å². The first kappa shape index (κ1) is 21.7. The molecular weight excluding hydrogens is 395 g/mol. The van der Waals surface area contributed by atoms with E-state index in [1.807, 2.05) is 0 Å². The molecule has 0 bridgehead atoms. The summed E-state index contributed by atoms with van der Waals surface area (Å²) in [5.41, 5.74) is 8.95. The maximum absolute atomic E-state index is 13.2. The van der Waals surface area contributed by atoms with Crippen LogP contribution in [0.3, 0.4) is 0 Å². The summed E-state index contributed by atoms with van der Waals surface area (Å²) in [6.07, 6.45) is -4.37. The third-order valence-corrected chi connectivity index (χ3v) is 3.74. The van der Waals surface area contributed by atoms with Crippen molar-refractivity contribution in [3.63, 3.8) is 0 Å². The Kier molecular flexibility index (Phi) is 6.41. The Morgan fingerprint density at radius 2 is 1.93 bits per heavy atom. The molecule has 0 aliphatic carbocycles. The van der Waals surface area contributed by atoms with Crippen molar-refractivity contribution in [3.05, 3.63) is 29.5 Å². The molecule has 1 aromatic heterocycles. The summed E-state index contributed by atoms with van der Waals surface area (Å²) < 4.78 is 44.4. The zero-order valence-electron chi connectivity index (χ0n) is 15.4. The highest BCUT2D eigenvalue weighted by atomic mass is 19.4. The molecule has 2 aromatic rings. The third kappa shape index (κ3) is 5.21. The van der Waals surface area contributed by atoms with Crippen LogP contribution in [0.15, 0.2) is 18.2 Å². The third-order valence-electron chi connectivity index (χ3n) is 3.74. The molecule has 0 spiro atoms. The number of nitrogens with zero attached hydrogens (tertiary/aromatic N) is 3. The number of alkyl halides is 3. The number of ether oxygens (including phenoxy) is 1. The Bertz CT molecular complexity index is 921. The van der Waals surface area contributed by atoms with Gasteiger partial charge in [0.1, 0.15) is 11.8 Å². The van der Waals surface area contributed by atoms with E-state index in [4.69, 9.17) is 16.2 Å². The number of carbonyl (C=O) groups is 2. The van der Waals surface area contributed by atoms with Crippen LogP contribution >= 0.6 is 0 Å². The van der Waals surface area contributed by atoms with E-state index in [1.54, 1.807) is 6.92 Å². The van der Waals surface area contributed by atoms with Gasteiger partial charge in [-0.15, -0.1) is 10.2 Å². The lowest BCUT2D eigenvalue weighted by Gasteiger charge is -2.16. The fourth-order valence-corrected chi connectivity index (χ4v) is 2.31. The maximum atomic E-state index is 13.2. The summed E-state index contributed by atoms with van der Waals surface area (Å²) >= 11 is 0. The number of methoxy groups -OCH3 is 1. The Morgan fingerprint density at radius 3 is 2.45 bits per heavy atom. The normalized spacial score (nSPS) is 12.2. The number of hydrogen-bond acceptors (Lipinski definition) is 8. The number of carbonyl (C=O) groups excluding carboxylic acids is 2. The smallest absolute Gasteiger partial charge is 0.420 e. The van der Waals surface area contributed by atoms with Crippen LogP contribution in [0.5, 0.6) is 5.75 Å². The summed E-state index contributed by atoms with van der Waals surface area (Å²) in [5, 5.41) is 12.4. The van der Waals surface area contributed by atoms with Crippen LogP contribution in [0.25, 0.3) is 0 Å². The average Bonchev–Trinajstić information content (AvgIpc) is 2.65. The molecule has 1 aromatic carbocycles. The summed E-state index contributed by atoms with van der Waals surface area (Å²) in [6.45, 7) is 1.68. The van der Waals surface area contributed by atoms with Gasteiger partial charge in [-0.05, 0) is 24.6 Å². The molecule has 156 valence electrons. The van der Waals surface area contributed by atoms with Gasteiger partial charge in [0.05, 0.1) is 12.7 Å². The maximum Gasteiger partial charge on any atom is 0.420 e. The Labute approximate surface area is 162 Å². The van der Waals surface area contributed by atoms with Gasteiger partial charge in [-0.1, -0.05) is 6.92 Å². The second-order valence-electron chi connectivity index (χ2n) is 5.74. The van der Waals surface area contributed by atoms with Crippen molar-refractivity contribution in [2.24, 2.45) is 11.5 Å². The zero-order chi connectivity index (χ0) is 21.8. The average molecular weight is 413 g/mol. The van der Waals surface area contributed by atoms with Gasteiger partial charge in [0.15, 0.2) is 11.5 Å². The largest absolute Gasteiger partial charge is 0.496 e. The molecule has 29 heavy (non-hydrogen) atoms. The molecule has 0 aliphatic heterocycles. The van der Waals surface area contributed by atoms with Crippen molar-refractivity contribution in [1.29, 1.82) is 0 Å². The van der Waals surface area contributed by atoms with Gasteiger partial charge in [-0.2, -0.15) is 18.2 Å². The number of halogens is 3. The van der Waals surface area contributed by atoms with Gasteiger partial charge < -0.3 is 26.8 Å². The van der Waals surface area contributed by atoms with E-state index in [2.05, 4.69) is 25.8 Å². The minimum atomic E-state index is -4.68. The number of hydrogen-bond donors (Lipinski definition) is 4. The first-order valence-electron chi connectivity index (χ1n) is 8.19. The molecule has 13 heteroatoms. The molecule has 1 heterocycles. The lowest BCUT2D eigenvalue weighted by atomic mass is 10.1. The number of primary amides is 2. The van der Waals surface area contributed by atoms with Gasteiger partial charge in [0.25, 0.3) is 5.91 Å². The fraction of sp³-hybridized carbons (Fsp3) is 0.312. The van der Waals surface area contributed by atoms with Crippen LogP contribution in [-0.4, -0.2) is 40.1 Å². The highest BCUT2D eigenvalue weighted by Crippen LogP contribution is 2.38. The lowest BCUT2D eigenvalue weighted by Crippen LogP contribution is -2.35. The lowest BCUT2D eigenvalue weighted by molar-refractivity contribution is -0.138. The van der Waals surface area contributed by atoms with Crippen LogP contribution < -0.4 is 26.8 Å². The van der Waals surface area contributed by atoms with Crippen LogP contribution in [0.4, 0.5) is 30.6 Å². The highest BCUT2D eigenvalue weighted by molar-refractivity contribution is 5.96. The van der Waals surface area contributed by atoms with Crippen LogP contribution in [0.2, 0.25) is 0 Å². The summed E-state index contributed by atoms with van der Waals surface area (Å²) in [6, 6.07) is 2.34. The van der Waals surface area contributed by atoms with Crippen molar-refractivity contribution in [2.75, 3.05) is 17.7 Å². The van der Waals surface area contributed by atoms with Crippen molar-refractivity contribution >= 4 is 29.3 Å². The van der Waals surface area contributed by atoms with E-state index in [1.165, 1.54) is 6.07 Å². The zero-order valence-corrected chi connectivity index (χ0v) is 15.4. The standard InChI is InChI=1S/C16H18F3N7O3/c1-3-9(12(20)27)23-15-24-14(11(13(21)28)25-26-15)22-7-4-5-10(29-2)8(6-7)16(17,18)19/h4-6,9H,3H2,1-2H3,(H2,20,27)(H2,21,28)(H2,22,23,24,26)/t9-/m1/s1. The molecule has 1 atom stereocenters. The summed E-state index contributed by atoms with van der Waals surface area (Å²) in [4.78, 5) is 26.9. The highest BCUT2D eigenvalue weighted by Gasteiger charge is 2.34. The summed E-state index contributed by atoms with van der Waals surface area (Å²) in [7, 11) is 1.11. The quantitative estimate of drug-likeness (QED) is 0.506. The predicted octanol–water partition coefficient (Wildman–Crippen LogP) is 1.42. The number of nitrogens with two attached hydrogens (primary N) is 2. The molecule has 10 nitrogen and oxygen atoms in total. The van der Waals surface area contributed by atoms with Crippen molar-refractivity contribution in [3.8, 4) is 5.75 Å². The molecule has 2 amide bonds. The van der Waals surface area contributed by atoms with Crippen LogP contribution in [0.1, 0.15) is 29.4 Å². The molecule has 6 N–H and O–H groups in total. The predicted molar refractivity (Wildman–Crippen MR) is 96.5 cm³/mol. The number of rotatable bonds is 8. The van der Waals surface area contributed by atoms with Crippen molar-refractivity contribution in [1.82, 2.24) is 15.2 Å². The number of anilines is 3. The van der Waals surface area contributed by atoms with E-state index >= 15 is 0 Å². The van der Waals surface area contributed by atoms with Crippen LogP contribution in [0, 0.1) is 0 Å². The molecule has 2 rings (SSSR count). The Morgan fingerprint density at radius 1 is 1.24 bits per heavy atom. The van der Waals surface area contributed by atoms with E-state index < -0.39 is 35.3 Å². The first-order chi connectivity index (χ1) is 13.6. The molecule has 0 saturated heterocycles. The van der Waals surface area contributed by atoms with Gasteiger partial charge in [0, 0.05) is 5.69 Å². The monoisotopic (exact) mass is 413 g/mol. The Hall–Kier alpha value is -3.64. The molecule has 0 aliphatic rings. The summed E-state index contributed by atoms with van der Waals surface area (Å²) in [5.74, 6) is -2.49. The minimum absolute atomic E-state index is 0.0611. The molecule has 0 fully saturated rings. The molecule has 0 unspecified atom stereocenters. The fourth-order valence-electron chi connectivity index (χ4n) is 2.31. The molecule has 0 saturated carbocycles. The number of amides is 2. The van der Waals surface area contributed by atoms with Gasteiger partial charge >= 0.3 is 6.18 Å². The van der Waals surface area contributed by atoms with E-state index in [-0.39, 0.29) is 23.2 Å².